The first-order chi connectivity index (χ1) is 19.1. The smallest absolute Gasteiger partial charge is 0.265 e. The summed E-state index contributed by atoms with van der Waals surface area (Å²) in [6.45, 7) is 1.35. The largest absolute Gasteiger partial charge is 0.392 e. The number of sulfonamides is 1. The highest BCUT2D eigenvalue weighted by Gasteiger charge is 2.35. The van der Waals surface area contributed by atoms with Crippen LogP contribution in [0.4, 0.5) is 10.1 Å². The van der Waals surface area contributed by atoms with Crippen molar-refractivity contribution >= 4 is 56.6 Å². The first-order valence-corrected chi connectivity index (χ1v) is 15.1. The zero-order valence-electron chi connectivity index (χ0n) is 21.2. The maximum Gasteiger partial charge on any atom is 0.265 e. The van der Waals surface area contributed by atoms with Gasteiger partial charge in [0.1, 0.15) is 11.9 Å². The van der Waals surface area contributed by atoms with Crippen molar-refractivity contribution in [1.29, 1.82) is 0 Å². The van der Waals surface area contributed by atoms with E-state index < -0.39 is 27.8 Å². The van der Waals surface area contributed by atoms with Gasteiger partial charge >= 0.3 is 0 Å². The summed E-state index contributed by atoms with van der Waals surface area (Å²) < 4.78 is 43.1. The summed E-state index contributed by atoms with van der Waals surface area (Å²) in [7, 11) is -4.41. The van der Waals surface area contributed by atoms with Crippen LogP contribution < -0.4 is 9.62 Å². The molecule has 0 aliphatic carbocycles. The summed E-state index contributed by atoms with van der Waals surface area (Å²) in [6.07, 6.45) is 0. The topological polar surface area (TPSA) is 86.7 Å². The predicted molar refractivity (Wildman–Crippen MR) is 157 cm³/mol. The minimum absolute atomic E-state index is 0.0838. The minimum atomic E-state index is -4.41. The molecule has 2 N–H and O–H groups in total. The molecule has 0 unspecified atom stereocenters. The van der Waals surface area contributed by atoms with Gasteiger partial charge in [-0.1, -0.05) is 71.4 Å². The molecular weight excluding hydrogens is 594 g/mol. The number of amides is 1. The molecule has 4 aromatic rings. The first kappa shape index (κ1) is 29.9. The second kappa shape index (κ2) is 13.1. The molecule has 208 valence electrons. The molecule has 4 rings (SSSR count). The number of aliphatic hydroxyl groups is 1. The van der Waals surface area contributed by atoms with E-state index in [1.165, 1.54) is 55.1 Å². The molecule has 0 aliphatic heterocycles. The van der Waals surface area contributed by atoms with Gasteiger partial charge in [0.25, 0.3) is 10.0 Å². The van der Waals surface area contributed by atoms with Crippen LogP contribution in [-0.2, 0) is 28.0 Å². The lowest BCUT2D eigenvalue weighted by atomic mass is 10.2. The van der Waals surface area contributed by atoms with Gasteiger partial charge in [0.2, 0.25) is 5.91 Å². The van der Waals surface area contributed by atoms with Gasteiger partial charge in [-0.2, -0.15) is 0 Å². The molecule has 0 fully saturated rings. The number of hydrogen-bond donors (Lipinski definition) is 2. The van der Waals surface area contributed by atoms with Crippen LogP contribution in [-0.4, -0.2) is 25.5 Å². The van der Waals surface area contributed by atoms with E-state index in [4.69, 9.17) is 23.2 Å². The highest BCUT2D eigenvalue weighted by Crippen LogP contribution is 2.34. The third-order valence-corrected chi connectivity index (χ3v) is 9.66. The number of nitrogens with one attached hydrogen (secondary N) is 1. The number of carbonyl (C=O) groups excluding carboxylic acids is 1. The van der Waals surface area contributed by atoms with E-state index in [1.54, 1.807) is 0 Å². The Morgan fingerprint density at radius 2 is 1.50 bits per heavy atom. The summed E-state index contributed by atoms with van der Waals surface area (Å²) >= 11 is 13.5. The molecule has 0 heterocycles. The zero-order valence-corrected chi connectivity index (χ0v) is 24.4. The number of rotatable bonds is 10. The molecule has 0 bridgehead atoms. The standard InChI is InChI=1S/C29H25Cl2FN2O4S2/c1-19(29(36)33-17-20-6-2-4-8-27(20)39-28-9-5-3-7-21(28)18-35)34(26-16-23(31)12-15-25(26)32)40(37,38)24-13-10-22(30)11-14-24/h2-16,19,35H,17-18H2,1H3,(H,33,36)/t19-/m1/s1. The SMILES string of the molecule is C[C@H](C(=O)NCc1ccccc1Sc1ccccc1CO)N(c1cc(Cl)ccc1F)S(=O)(=O)c1ccc(Cl)cc1. The predicted octanol–water partition coefficient (Wildman–Crippen LogP) is 6.68. The molecule has 1 amide bonds. The molecule has 40 heavy (non-hydrogen) atoms. The van der Waals surface area contributed by atoms with Crippen molar-refractivity contribution in [2.45, 2.75) is 40.8 Å². The lowest BCUT2D eigenvalue weighted by Crippen LogP contribution is -2.48. The van der Waals surface area contributed by atoms with Gasteiger partial charge in [0.15, 0.2) is 0 Å². The van der Waals surface area contributed by atoms with Crippen molar-refractivity contribution in [3.63, 3.8) is 0 Å². The Labute approximate surface area is 246 Å². The van der Waals surface area contributed by atoms with Crippen molar-refractivity contribution < 1.29 is 22.7 Å². The average Bonchev–Trinajstić information content (AvgIpc) is 2.94. The fourth-order valence-electron chi connectivity index (χ4n) is 3.96. The Bertz CT molecular complexity index is 1620. The summed E-state index contributed by atoms with van der Waals surface area (Å²) in [5.41, 5.74) is 1.19. The van der Waals surface area contributed by atoms with Crippen LogP contribution in [0.3, 0.4) is 0 Å². The van der Waals surface area contributed by atoms with Crippen molar-refractivity contribution in [1.82, 2.24) is 5.32 Å². The fraction of sp³-hybridized carbons (Fsp3) is 0.138. The molecule has 0 radical (unpaired) electrons. The van der Waals surface area contributed by atoms with Crippen molar-refractivity contribution in [3.05, 3.63) is 118 Å². The first-order valence-electron chi connectivity index (χ1n) is 12.1. The van der Waals surface area contributed by atoms with Crippen LogP contribution in [0.25, 0.3) is 0 Å². The van der Waals surface area contributed by atoms with Gasteiger partial charge < -0.3 is 10.4 Å². The van der Waals surface area contributed by atoms with Crippen molar-refractivity contribution in [2.75, 3.05) is 4.31 Å². The van der Waals surface area contributed by atoms with E-state index in [0.29, 0.717) is 5.02 Å². The van der Waals surface area contributed by atoms with Crippen LogP contribution >= 0.6 is 35.0 Å². The molecule has 4 aromatic carbocycles. The highest BCUT2D eigenvalue weighted by atomic mass is 35.5. The Kier molecular flexibility index (Phi) is 9.76. The van der Waals surface area contributed by atoms with E-state index in [0.717, 1.165) is 31.3 Å². The summed E-state index contributed by atoms with van der Waals surface area (Å²) in [6, 6.07) is 22.4. The van der Waals surface area contributed by atoms with Gasteiger partial charge in [0.05, 0.1) is 17.2 Å². The Morgan fingerprint density at radius 3 is 2.15 bits per heavy atom. The maximum absolute atomic E-state index is 15.0. The number of nitrogens with zero attached hydrogens (tertiary/aromatic N) is 1. The number of aliphatic hydroxyl groups excluding tert-OH is 1. The molecule has 1 atom stereocenters. The van der Waals surface area contributed by atoms with Crippen molar-refractivity contribution in [2.24, 2.45) is 0 Å². The molecule has 0 saturated heterocycles. The lowest BCUT2D eigenvalue weighted by Gasteiger charge is -2.30. The summed E-state index contributed by atoms with van der Waals surface area (Å²) in [5, 5.41) is 12.9. The number of hydrogen-bond acceptors (Lipinski definition) is 5. The molecule has 0 spiro atoms. The van der Waals surface area contributed by atoms with E-state index in [-0.39, 0.29) is 28.8 Å². The minimum Gasteiger partial charge on any atom is -0.392 e. The fourth-order valence-corrected chi connectivity index (χ4v) is 6.94. The molecule has 0 aliphatic rings. The number of benzene rings is 4. The number of anilines is 1. The van der Waals surface area contributed by atoms with Crippen LogP contribution in [0.1, 0.15) is 18.1 Å². The van der Waals surface area contributed by atoms with E-state index >= 15 is 0 Å². The van der Waals surface area contributed by atoms with Crippen LogP contribution in [0, 0.1) is 5.82 Å². The van der Waals surface area contributed by atoms with Crippen LogP contribution in [0.15, 0.2) is 106 Å². The highest BCUT2D eigenvalue weighted by molar-refractivity contribution is 7.99. The van der Waals surface area contributed by atoms with Crippen LogP contribution in [0.5, 0.6) is 0 Å². The van der Waals surface area contributed by atoms with E-state index in [9.17, 15) is 22.7 Å². The molecule has 11 heteroatoms. The van der Waals surface area contributed by atoms with Gasteiger partial charge in [-0.3, -0.25) is 9.10 Å². The van der Waals surface area contributed by atoms with E-state index in [1.807, 2.05) is 48.5 Å². The Morgan fingerprint density at radius 1 is 0.925 bits per heavy atom. The Hall–Kier alpha value is -3.08. The molecular formula is C29H25Cl2FN2O4S2. The van der Waals surface area contributed by atoms with Gasteiger partial charge in [-0.15, -0.1) is 0 Å². The second-order valence-electron chi connectivity index (χ2n) is 8.72. The average molecular weight is 620 g/mol. The third kappa shape index (κ3) is 6.79. The third-order valence-electron chi connectivity index (χ3n) is 6.04. The zero-order chi connectivity index (χ0) is 28.9. The quantitative estimate of drug-likeness (QED) is 0.207. The summed E-state index contributed by atoms with van der Waals surface area (Å²) in [5.74, 6) is -1.50. The van der Waals surface area contributed by atoms with E-state index in [2.05, 4.69) is 5.32 Å². The van der Waals surface area contributed by atoms with Gasteiger partial charge in [-0.05, 0) is 72.6 Å². The second-order valence-corrected chi connectivity index (χ2v) is 12.5. The number of halogens is 3. The monoisotopic (exact) mass is 618 g/mol. The van der Waals surface area contributed by atoms with Gasteiger partial charge in [-0.25, -0.2) is 12.8 Å². The van der Waals surface area contributed by atoms with Gasteiger partial charge in [0, 0.05) is 26.4 Å². The molecule has 6 nitrogen and oxygen atoms in total. The number of carbonyl (C=O) groups is 1. The van der Waals surface area contributed by atoms with Crippen molar-refractivity contribution in [3.8, 4) is 0 Å². The normalized spacial score (nSPS) is 12.1. The Balaban J connectivity index is 1.62. The van der Waals surface area contributed by atoms with Crippen LogP contribution in [0.2, 0.25) is 10.0 Å². The molecule has 0 saturated carbocycles. The summed E-state index contributed by atoms with van der Waals surface area (Å²) in [4.78, 5) is 14.9. The maximum atomic E-state index is 15.0. The molecule has 0 aromatic heterocycles. The lowest BCUT2D eigenvalue weighted by molar-refractivity contribution is -0.122.